The highest BCUT2D eigenvalue weighted by molar-refractivity contribution is 7.47. The molecule has 0 aromatic carbocycles. The summed E-state index contributed by atoms with van der Waals surface area (Å²) in [5.41, 5.74) is 0. The first kappa shape index (κ1) is 108. The number of phosphoric acid groups is 2. The van der Waals surface area contributed by atoms with Gasteiger partial charge in [0.15, 0.2) is 0 Å². The van der Waals surface area contributed by atoms with Crippen LogP contribution in [-0.4, -0.2) is 147 Å². The number of carbonyl (C=O) groups excluding carboxylic acids is 8. The van der Waals surface area contributed by atoms with Gasteiger partial charge in [0.1, 0.15) is 23.8 Å². The van der Waals surface area contributed by atoms with Crippen LogP contribution in [0.4, 0.5) is 0 Å². The van der Waals surface area contributed by atoms with Crippen molar-refractivity contribution in [3.05, 3.63) is 24.3 Å². The smallest absolute Gasteiger partial charge is 0.462 e. The molecule has 6 atom stereocenters. The number of ether oxygens (including phenoxy) is 4. The Kier molecular flexibility index (Phi) is 75.0. The van der Waals surface area contributed by atoms with E-state index in [0.717, 1.165) is 141 Å². The highest BCUT2D eigenvalue weighted by Gasteiger charge is 2.28. The highest BCUT2D eigenvalue weighted by Crippen LogP contribution is 2.44. The van der Waals surface area contributed by atoms with Crippen molar-refractivity contribution < 1.29 is 94.3 Å². The van der Waals surface area contributed by atoms with Gasteiger partial charge in [-0.25, -0.2) is 9.13 Å². The average Bonchev–Trinajstić information content (AvgIpc) is 0.913. The molecule has 0 rings (SSSR count). The monoisotopic (exact) mass is 1630 g/mol. The molecule has 0 heterocycles. The summed E-state index contributed by atoms with van der Waals surface area (Å²) in [7, 11) is -9.59. The van der Waals surface area contributed by atoms with Crippen LogP contribution in [0.2, 0.25) is 0 Å². The Morgan fingerprint density at radius 1 is 0.312 bits per heavy atom. The van der Waals surface area contributed by atoms with Crippen molar-refractivity contribution in [2.75, 3.05) is 65.9 Å². The molecule has 0 spiro atoms. The van der Waals surface area contributed by atoms with Gasteiger partial charge in [0.25, 0.3) is 0 Å². The normalized spacial score (nSPS) is 13.8. The average molecular weight is 1630 g/mol. The summed E-state index contributed by atoms with van der Waals surface area (Å²) in [6.07, 6.45) is 54.1. The van der Waals surface area contributed by atoms with Crippen LogP contribution in [0.1, 0.15) is 388 Å². The molecule has 0 radical (unpaired) electrons. The summed E-state index contributed by atoms with van der Waals surface area (Å²) < 4.78 is 71.0. The second-order valence-electron chi connectivity index (χ2n) is 30.3. The van der Waals surface area contributed by atoms with Crippen molar-refractivity contribution in [2.45, 2.75) is 413 Å². The number of phosphoric ester groups is 2. The number of rotatable bonds is 85. The minimum Gasteiger partial charge on any atom is -0.462 e. The Morgan fingerprint density at radius 2 is 0.607 bits per heavy atom. The molecule has 26 heteroatoms. The number of carbonyl (C=O) groups is 8. The van der Waals surface area contributed by atoms with Crippen LogP contribution in [0, 0.1) is 0 Å². The van der Waals surface area contributed by atoms with Crippen LogP contribution >= 0.6 is 15.6 Å². The lowest BCUT2D eigenvalue weighted by Crippen LogP contribution is -2.42. The van der Waals surface area contributed by atoms with Crippen molar-refractivity contribution in [1.82, 2.24) is 21.3 Å². The number of allylic oxidation sites excluding steroid dienone is 4. The molecular weight excluding hydrogens is 1470 g/mol. The van der Waals surface area contributed by atoms with E-state index in [1.54, 1.807) is 0 Å². The number of ketones is 2. The number of unbranched alkanes of at least 4 members (excludes halogenated alkanes) is 34. The fourth-order valence-electron chi connectivity index (χ4n) is 12.6. The van der Waals surface area contributed by atoms with E-state index in [4.69, 9.17) is 37.0 Å². The zero-order valence-electron chi connectivity index (χ0n) is 71.0. The van der Waals surface area contributed by atoms with Crippen LogP contribution in [0.25, 0.3) is 0 Å². The fourth-order valence-corrected chi connectivity index (χ4v) is 14.1. The number of hydrogen-bond acceptors (Lipinski definition) is 18. The van der Waals surface area contributed by atoms with Crippen LogP contribution < -0.4 is 21.3 Å². The molecule has 0 saturated heterocycles. The third kappa shape index (κ3) is 74.6. The standard InChI is InChI=1S/C86H160N4O20P2/c1-7-13-19-25-29-33-37-43-47-53-77(91)69-83(95)89-75(71-103-65-61-79(55-49-41-23-17-11-5)109-85(97)57-51-45-39-35-31-27-21-15-9-3)73-107-111(99,100)105-67-63-87-81(93)59-60-82(94)88-64-68-106-112(101,102)108-74-76(90-84(96)70-78(92)54-48-44-38-34-30-26-20-14-8-2)72-104-66-62-80(56-50-42-24-18-12-6)110-86(98)58-52-46-40-36-32-28-22-16-10-4/h35-36,39-40,75-76,79-80H,7-34,37-38,41-74H2,1-6H3,(H,87,93)(H,88,94)(H,89,95)(H,90,96)(H,99,100)(H,101,102)/b39-35-,40-36-/t75?,76?,79-,80-/m1/s1. The zero-order valence-corrected chi connectivity index (χ0v) is 72.8. The van der Waals surface area contributed by atoms with Gasteiger partial charge in [-0.3, -0.25) is 56.5 Å². The van der Waals surface area contributed by atoms with Gasteiger partial charge in [-0.05, 0) is 89.9 Å². The Balaban J connectivity index is 5.60. The Morgan fingerprint density at radius 3 is 0.938 bits per heavy atom. The molecule has 6 N–H and O–H groups in total. The minimum atomic E-state index is -4.79. The maximum atomic E-state index is 13.3. The maximum absolute atomic E-state index is 13.3. The van der Waals surface area contributed by atoms with Gasteiger partial charge < -0.3 is 50.0 Å². The summed E-state index contributed by atoms with van der Waals surface area (Å²) in [5.74, 6) is -3.38. The SMILES string of the molecule is CCCCCC/C=C\CCCC(=O)O[C@H](CCCCCCC)CCOCC(COP(=O)(O)OCCNC(=O)CCC(=O)NCCOP(=O)(O)OCC(COCC[C@@H](CCCCCCC)OC(=O)CCC/C=C\CCCCCC)NC(=O)CC(=O)CCCCCCCCCCC)NC(=O)CC(=O)CCCCCCCCCCC. The van der Waals surface area contributed by atoms with Crippen molar-refractivity contribution in [1.29, 1.82) is 0 Å². The molecule has 0 saturated carbocycles. The number of esters is 2. The first-order valence-corrected chi connectivity index (χ1v) is 47.4. The van der Waals surface area contributed by atoms with E-state index in [2.05, 4.69) is 87.1 Å². The summed E-state index contributed by atoms with van der Waals surface area (Å²) >= 11 is 0. The van der Waals surface area contributed by atoms with E-state index in [9.17, 15) is 57.3 Å². The molecular formula is C86H160N4O20P2. The molecule has 4 unspecified atom stereocenters. The molecule has 0 aromatic heterocycles. The van der Waals surface area contributed by atoms with Crippen LogP contribution in [0.5, 0.6) is 0 Å². The molecule has 4 amide bonds. The minimum absolute atomic E-state index is 0.139. The summed E-state index contributed by atoms with van der Waals surface area (Å²) in [5, 5.41) is 10.4. The molecule has 0 bridgehead atoms. The van der Waals surface area contributed by atoms with Gasteiger partial charge in [-0.1, -0.05) is 258 Å². The summed E-state index contributed by atoms with van der Waals surface area (Å²) in [6, 6.07) is -1.97. The first-order chi connectivity index (χ1) is 54.2. The fraction of sp³-hybridized carbons (Fsp3) is 0.860. The predicted octanol–water partition coefficient (Wildman–Crippen LogP) is 19.7. The van der Waals surface area contributed by atoms with Crippen molar-refractivity contribution in [3.63, 3.8) is 0 Å². The van der Waals surface area contributed by atoms with Gasteiger partial charge in [0.05, 0.1) is 77.8 Å². The molecule has 24 nitrogen and oxygen atoms in total. The number of amides is 4. The molecule has 0 aliphatic heterocycles. The zero-order chi connectivity index (χ0) is 82.5. The van der Waals surface area contributed by atoms with Gasteiger partial charge in [-0.2, -0.15) is 0 Å². The third-order valence-corrected chi connectivity index (χ3v) is 21.3. The Labute approximate surface area is 677 Å². The van der Waals surface area contributed by atoms with Crippen LogP contribution in [-0.2, 0) is 84.5 Å². The van der Waals surface area contributed by atoms with Crippen molar-refractivity contribution in [3.8, 4) is 0 Å². The lowest BCUT2D eigenvalue weighted by Gasteiger charge is -2.22. The third-order valence-electron chi connectivity index (χ3n) is 19.3. The Bertz CT molecular complexity index is 2340. The van der Waals surface area contributed by atoms with Crippen molar-refractivity contribution >= 4 is 62.8 Å². The molecule has 0 aliphatic carbocycles. The largest absolute Gasteiger partial charge is 0.472 e. The second-order valence-corrected chi connectivity index (χ2v) is 33.2. The van der Waals surface area contributed by atoms with Crippen LogP contribution in [0.3, 0.4) is 0 Å². The lowest BCUT2D eigenvalue weighted by atomic mass is 10.0. The maximum Gasteiger partial charge on any atom is 0.472 e. The number of nitrogens with one attached hydrogen (secondary N) is 4. The van der Waals surface area contributed by atoms with Gasteiger partial charge in [-0.15, -0.1) is 0 Å². The van der Waals surface area contributed by atoms with E-state index in [0.29, 0.717) is 64.2 Å². The molecule has 0 aliphatic rings. The number of Topliss-reactive ketones (excluding diaryl/α,β-unsaturated/α-hetero) is 2. The van der Waals surface area contributed by atoms with Gasteiger partial charge >= 0.3 is 27.6 Å². The van der Waals surface area contributed by atoms with Gasteiger partial charge in [0.2, 0.25) is 23.6 Å². The molecule has 112 heavy (non-hydrogen) atoms. The predicted molar refractivity (Wildman–Crippen MR) is 446 cm³/mol. The summed E-state index contributed by atoms with van der Waals surface area (Å²) in [4.78, 5) is 125. The molecule has 654 valence electrons. The van der Waals surface area contributed by atoms with E-state index in [1.807, 2.05) is 0 Å². The second kappa shape index (κ2) is 78.0. The Hall–Kier alpha value is -4.22. The van der Waals surface area contributed by atoms with E-state index in [1.165, 1.54) is 103 Å². The van der Waals surface area contributed by atoms with Crippen LogP contribution in [0.15, 0.2) is 24.3 Å². The quantitative estimate of drug-likeness (QED) is 0.0108. The van der Waals surface area contributed by atoms with E-state index < -0.39 is 90.0 Å². The topological polar surface area (TPSA) is 333 Å². The first-order valence-electron chi connectivity index (χ1n) is 44.4. The van der Waals surface area contributed by atoms with E-state index >= 15 is 0 Å². The van der Waals surface area contributed by atoms with E-state index in [-0.39, 0.29) is 102 Å². The number of hydrogen-bond donors (Lipinski definition) is 6. The van der Waals surface area contributed by atoms with Crippen molar-refractivity contribution in [2.24, 2.45) is 0 Å². The lowest BCUT2D eigenvalue weighted by molar-refractivity contribution is -0.151. The highest BCUT2D eigenvalue weighted by atomic mass is 31.2. The summed E-state index contributed by atoms with van der Waals surface area (Å²) in [6.45, 7) is 10.5. The molecule has 0 fully saturated rings. The van der Waals surface area contributed by atoms with Gasteiger partial charge in [0, 0.05) is 64.5 Å². The molecule has 0 aromatic rings.